The van der Waals surface area contributed by atoms with Gasteiger partial charge in [-0.05, 0) is 18.1 Å². The van der Waals surface area contributed by atoms with Crippen LogP contribution in [0.3, 0.4) is 0 Å². The smallest absolute Gasteiger partial charge is 0.230 e. The number of aliphatic hydroxyl groups is 1. The maximum absolute atomic E-state index is 9.65. The quantitative estimate of drug-likeness (QED) is 0.410. The van der Waals surface area contributed by atoms with E-state index in [1.54, 1.807) is 0 Å². The highest BCUT2D eigenvalue weighted by atomic mass is 35.5. The first-order valence-electron chi connectivity index (χ1n) is 4.06. The molecule has 1 aromatic carbocycles. The molecule has 0 fully saturated rings. The summed E-state index contributed by atoms with van der Waals surface area (Å²) in [6.45, 7) is 0. The van der Waals surface area contributed by atoms with Crippen LogP contribution in [0.2, 0.25) is 0 Å². The number of fused-ring (bicyclic) bond motifs is 1. The van der Waals surface area contributed by atoms with Crippen LogP contribution in [0.1, 0.15) is 12.0 Å². The topological polar surface area (TPSA) is 23.5 Å². The first-order valence-corrected chi connectivity index (χ1v) is 4.78. The molecular weight excluding hydrogens is 209 g/mol. The van der Waals surface area contributed by atoms with Gasteiger partial charge in [0.25, 0.3) is 0 Å². The summed E-state index contributed by atoms with van der Waals surface area (Å²) < 4.78 is 1.19. The van der Waals surface area contributed by atoms with Crippen molar-refractivity contribution < 1.29 is 5.11 Å². The second kappa shape index (κ2) is 3.05. The number of hydrogen-bond donors (Lipinski definition) is 1. The van der Waals surface area contributed by atoms with Crippen LogP contribution in [0.5, 0.6) is 0 Å². The van der Waals surface area contributed by atoms with Crippen LogP contribution in [-0.2, 0) is 6.42 Å². The van der Waals surface area contributed by atoms with Gasteiger partial charge in [-0.1, -0.05) is 29.8 Å². The Bertz CT molecular complexity index is 327. The molecule has 2 nitrogen and oxygen atoms in total. The Hall–Kier alpha value is -0.440. The lowest BCUT2D eigenvalue weighted by atomic mass is 10.0. The summed E-state index contributed by atoms with van der Waals surface area (Å²) in [6.07, 6.45) is 1.19. The van der Waals surface area contributed by atoms with Crippen molar-refractivity contribution in [2.45, 2.75) is 18.0 Å². The van der Waals surface area contributed by atoms with Crippen molar-refractivity contribution in [3.8, 4) is 0 Å². The normalized spacial score (nSPS) is 27.2. The Morgan fingerprint density at radius 1 is 1.38 bits per heavy atom. The van der Waals surface area contributed by atoms with Gasteiger partial charge in [0, 0.05) is 18.2 Å². The van der Waals surface area contributed by atoms with Gasteiger partial charge in [-0.2, -0.15) is 0 Å². The number of aryl methyl sites for hydroxylation is 1. The van der Waals surface area contributed by atoms with Gasteiger partial charge in [0.15, 0.2) is 0 Å². The number of alkyl halides is 1. The van der Waals surface area contributed by atoms with Crippen molar-refractivity contribution in [1.82, 2.24) is 0 Å². The van der Waals surface area contributed by atoms with Gasteiger partial charge in [0.1, 0.15) is 0 Å². The predicted octanol–water partition coefficient (Wildman–Crippen LogP) is 2.48. The number of halogens is 2. The molecule has 4 heteroatoms. The average Bonchev–Trinajstić information content (AvgIpc) is 2.13. The van der Waals surface area contributed by atoms with E-state index in [1.807, 2.05) is 24.3 Å². The van der Waals surface area contributed by atoms with E-state index in [4.69, 9.17) is 23.4 Å². The van der Waals surface area contributed by atoms with E-state index in [-0.39, 0.29) is 0 Å². The zero-order valence-corrected chi connectivity index (χ0v) is 8.39. The molecule has 0 aliphatic carbocycles. The molecule has 1 N–H and O–H groups in total. The number of anilines is 1. The molecule has 1 aliphatic rings. The molecule has 13 heavy (non-hydrogen) atoms. The fraction of sp³-hybridized carbons (Fsp3) is 0.333. The van der Waals surface area contributed by atoms with Crippen LogP contribution in [0.4, 0.5) is 5.69 Å². The number of hydrogen-bond acceptors (Lipinski definition) is 2. The highest BCUT2D eigenvalue weighted by Gasteiger charge is 2.36. The molecule has 0 aromatic heterocycles. The summed E-state index contributed by atoms with van der Waals surface area (Å²) in [7, 11) is 0. The molecule has 0 amide bonds. The third-order valence-corrected chi connectivity index (χ3v) is 3.12. The van der Waals surface area contributed by atoms with Crippen molar-refractivity contribution in [3.63, 3.8) is 0 Å². The molecule has 0 radical (unpaired) electrons. The number of nitrogens with zero attached hydrogens (tertiary/aromatic N) is 1. The van der Waals surface area contributed by atoms with Crippen molar-refractivity contribution in [3.05, 3.63) is 29.8 Å². The molecule has 1 aliphatic heterocycles. The number of para-hydroxylation sites is 1. The summed E-state index contributed by atoms with van der Waals surface area (Å²) in [5.74, 6) is 0. The fourth-order valence-corrected chi connectivity index (χ4v) is 1.93. The standard InChI is InChI=1S/C9H9Cl2NO/c10-9(13)6-5-7-3-1-2-4-8(7)12(9)11/h1-4,13H,5-6H2. The second-order valence-corrected chi connectivity index (χ2v) is 4.07. The highest BCUT2D eigenvalue weighted by molar-refractivity contribution is 6.35. The van der Waals surface area contributed by atoms with Crippen LogP contribution < -0.4 is 4.42 Å². The first kappa shape index (κ1) is 9.13. The zero-order chi connectivity index (χ0) is 9.47. The third-order valence-electron chi connectivity index (χ3n) is 2.22. The lowest BCUT2D eigenvalue weighted by Gasteiger charge is -2.35. The van der Waals surface area contributed by atoms with Crippen molar-refractivity contribution in [2.24, 2.45) is 0 Å². The first-order chi connectivity index (χ1) is 6.11. The van der Waals surface area contributed by atoms with Crippen LogP contribution in [0, 0.1) is 0 Å². The largest absolute Gasteiger partial charge is 0.357 e. The van der Waals surface area contributed by atoms with Gasteiger partial charge in [0.2, 0.25) is 5.18 Å². The van der Waals surface area contributed by atoms with Crippen molar-refractivity contribution in [2.75, 3.05) is 4.42 Å². The fourth-order valence-electron chi connectivity index (χ4n) is 1.49. The van der Waals surface area contributed by atoms with Gasteiger partial charge >= 0.3 is 0 Å². The molecule has 2 rings (SSSR count). The number of benzene rings is 1. The highest BCUT2D eigenvalue weighted by Crippen LogP contribution is 2.38. The summed E-state index contributed by atoms with van der Waals surface area (Å²) in [6, 6.07) is 7.64. The van der Waals surface area contributed by atoms with Crippen LogP contribution >= 0.6 is 23.4 Å². The minimum Gasteiger partial charge on any atom is -0.357 e. The minimum absolute atomic E-state index is 0.440. The molecule has 0 saturated carbocycles. The van der Waals surface area contributed by atoms with E-state index in [1.165, 1.54) is 4.42 Å². The molecular formula is C9H9Cl2NO. The maximum Gasteiger partial charge on any atom is 0.230 e. The Morgan fingerprint density at radius 3 is 2.85 bits per heavy atom. The van der Waals surface area contributed by atoms with Crippen LogP contribution in [0.25, 0.3) is 0 Å². The molecule has 70 valence electrons. The summed E-state index contributed by atoms with van der Waals surface area (Å²) in [4.78, 5) is 0. The van der Waals surface area contributed by atoms with Crippen LogP contribution in [-0.4, -0.2) is 10.3 Å². The molecule has 1 atom stereocenters. The zero-order valence-electron chi connectivity index (χ0n) is 6.87. The Kier molecular flexibility index (Phi) is 2.14. The minimum atomic E-state index is -1.45. The summed E-state index contributed by atoms with van der Waals surface area (Å²) >= 11 is 11.7. The number of rotatable bonds is 0. The van der Waals surface area contributed by atoms with E-state index in [0.29, 0.717) is 6.42 Å². The second-order valence-electron chi connectivity index (χ2n) is 3.13. The Labute approximate surface area is 86.8 Å². The summed E-state index contributed by atoms with van der Waals surface area (Å²) in [5, 5.41) is 8.20. The van der Waals surface area contributed by atoms with E-state index in [0.717, 1.165) is 17.7 Å². The predicted molar refractivity (Wildman–Crippen MR) is 53.9 cm³/mol. The van der Waals surface area contributed by atoms with Crippen molar-refractivity contribution >= 4 is 29.1 Å². The lowest BCUT2D eigenvalue weighted by molar-refractivity contribution is 0.127. The van der Waals surface area contributed by atoms with Gasteiger partial charge < -0.3 is 5.11 Å². The average molecular weight is 218 g/mol. The van der Waals surface area contributed by atoms with Gasteiger partial charge in [-0.3, -0.25) is 0 Å². The molecule has 0 spiro atoms. The van der Waals surface area contributed by atoms with E-state index in [9.17, 15) is 5.11 Å². The Balaban J connectivity index is 2.45. The Morgan fingerprint density at radius 2 is 2.08 bits per heavy atom. The third kappa shape index (κ3) is 1.50. The van der Waals surface area contributed by atoms with E-state index < -0.39 is 5.18 Å². The van der Waals surface area contributed by atoms with Gasteiger partial charge in [-0.15, -0.1) is 0 Å². The monoisotopic (exact) mass is 217 g/mol. The molecule has 0 bridgehead atoms. The lowest BCUT2D eigenvalue weighted by Crippen LogP contribution is -2.41. The SMILES string of the molecule is OC1(Cl)CCc2ccccc2N1Cl. The van der Waals surface area contributed by atoms with Crippen LogP contribution in [0.15, 0.2) is 24.3 Å². The molecule has 1 heterocycles. The summed E-state index contributed by atoms with van der Waals surface area (Å²) in [5.41, 5.74) is 1.90. The molecule has 1 aromatic rings. The van der Waals surface area contributed by atoms with E-state index in [2.05, 4.69) is 0 Å². The molecule has 1 unspecified atom stereocenters. The van der Waals surface area contributed by atoms with Gasteiger partial charge in [-0.25, -0.2) is 4.42 Å². The van der Waals surface area contributed by atoms with Gasteiger partial charge in [0.05, 0.1) is 5.69 Å². The van der Waals surface area contributed by atoms with E-state index >= 15 is 0 Å². The maximum atomic E-state index is 9.65. The molecule has 0 saturated heterocycles. The van der Waals surface area contributed by atoms with Crippen molar-refractivity contribution in [1.29, 1.82) is 0 Å².